The van der Waals surface area contributed by atoms with Crippen molar-refractivity contribution in [3.63, 3.8) is 0 Å². The number of amides is 2. The molecule has 0 heterocycles. The third-order valence-electron chi connectivity index (χ3n) is 4.07. The van der Waals surface area contributed by atoms with E-state index in [0.29, 0.717) is 18.7 Å². The van der Waals surface area contributed by atoms with Gasteiger partial charge >= 0.3 is 11.8 Å². The van der Waals surface area contributed by atoms with Crippen LogP contribution in [-0.4, -0.2) is 25.5 Å². The maximum atomic E-state index is 12.0. The molecule has 26 heavy (non-hydrogen) atoms. The van der Waals surface area contributed by atoms with Gasteiger partial charge in [0.1, 0.15) is 5.75 Å². The van der Waals surface area contributed by atoms with Gasteiger partial charge in [-0.1, -0.05) is 42.5 Å². The molecule has 0 unspecified atom stereocenters. The van der Waals surface area contributed by atoms with Gasteiger partial charge in [0.15, 0.2) is 0 Å². The van der Waals surface area contributed by atoms with E-state index in [1.165, 1.54) is 0 Å². The maximum Gasteiger partial charge on any atom is 0.313 e. The highest BCUT2D eigenvalue weighted by Gasteiger charge is 2.13. The fourth-order valence-electron chi connectivity index (χ4n) is 2.65. The van der Waals surface area contributed by atoms with Gasteiger partial charge in [-0.05, 0) is 47.0 Å². The molecule has 0 saturated carbocycles. The summed E-state index contributed by atoms with van der Waals surface area (Å²) < 4.78 is 5.10. The van der Waals surface area contributed by atoms with Crippen LogP contribution in [0.1, 0.15) is 5.56 Å². The molecule has 0 aromatic heterocycles. The number of methoxy groups -OCH3 is 1. The normalized spacial score (nSPS) is 10.3. The van der Waals surface area contributed by atoms with Gasteiger partial charge in [0.05, 0.1) is 7.11 Å². The monoisotopic (exact) mass is 348 g/mol. The fourth-order valence-corrected chi connectivity index (χ4v) is 2.65. The SMILES string of the molecule is COc1ccc(CCNC(=O)C(=O)Nc2ccc3ccccc3c2)cc1. The predicted molar refractivity (Wildman–Crippen MR) is 102 cm³/mol. The Morgan fingerprint density at radius 1 is 0.885 bits per heavy atom. The van der Waals surface area contributed by atoms with Crippen LogP contribution < -0.4 is 15.4 Å². The minimum Gasteiger partial charge on any atom is -0.497 e. The van der Waals surface area contributed by atoms with Crippen molar-refractivity contribution in [2.45, 2.75) is 6.42 Å². The van der Waals surface area contributed by atoms with Crippen molar-refractivity contribution in [1.82, 2.24) is 5.32 Å². The summed E-state index contributed by atoms with van der Waals surface area (Å²) in [7, 11) is 1.61. The smallest absolute Gasteiger partial charge is 0.313 e. The van der Waals surface area contributed by atoms with Crippen molar-refractivity contribution in [3.05, 3.63) is 72.3 Å². The Kier molecular flexibility index (Phi) is 5.49. The summed E-state index contributed by atoms with van der Waals surface area (Å²) in [5, 5.41) is 7.35. The van der Waals surface area contributed by atoms with Crippen molar-refractivity contribution in [1.29, 1.82) is 0 Å². The van der Waals surface area contributed by atoms with E-state index >= 15 is 0 Å². The Hall–Kier alpha value is -3.34. The molecule has 132 valence electrons. The molecule has 2 N–H and O–H groups in total. The Bertz CT molecular complexity index is 920. The molecular weight excluding hydrogens is 328 g/mol. The molecule has 0 bridgehead atoms. The summed E-state index contributed by atoms with van der Waals surface area (Å²) in [5.41, 5.74) is 1.65. The fraction of sp³-hybridized carbons (Fsp3) is 0.143. The topological polar surface area (TPSA) is 67.4 Å². The van der Waals surface area contributed by atoms with Crippen LogP contribution in [0.2, 0.25) is 0 Å². The summed E-state index contributed by atoms with van der Waals surface area (Å²) in [6, 6.07) is 21.0. The van der Waals surface area contributed by atoms with Gasteiger partial charge < -0.3 is 15.4 Å². The zero-order valence-corrected chi connectivity index (χ0v) is 14.5. The first-order chi connectivity index (χ1) is 12.7. The van der Waals surface area contributed by atoms with E-state index in [1.807, 2.05) is 60.7 Å². The first-order valence-corrected chi connectivity index (χ1v) is 8.36. The van der Waals surface area contributed by atoms with E-state index in [0.717, 1.165) is 22.1 Å². The average Bonchev–Trinajstić information content (AvgIpc) is 2.68. The van der Waals surface area contributed by atoms with E-state index < -0.39 is 11.8 Å². The summed E-state index contributed by atoms with van der Waals surface area (Å²) in [6.07, 6.45) is 0.638. The number of ether oxygens (including phenoxy) is 1. The van der Waals surface area contributed by atoms with E-state index in [-0.39, 0.29) is 0 Å². The van der Waals surface area contributed by atoms with E-state index in [2.05, 4.69) is 10.6 Å². The molecular formula is C21H20N2O3. The molecule has 0 fully saturated rings. The van der Waals surface area contributed by atoms with Gasteiger partial charge in [-0.15, -0.1) is 0 Å². The largest absolute Gasteiger partial charge is 0.497 e. The van der Waals surface area contributed by atoms with Crippen molar-refractivity contribution >= 4 is 28.3 Å². The van der Waals surface area contributed by atoms with Crippen LogP contribution in [0.3, 0.4) is 0 Å². The van der Waals surface area contributed by atoms with Crippen LogP contribution in [0, 0.1) is 0 Å². The Morgan fingerprint density at radius 2 is 1.62 bits per heavy atom. The van der Waals surface area contributed by atoms with Crippen molar-refractivity contribution in [3.8, 4) is 5.75 Å². The number of fused-ring (bicyclic) bond motifs is 1. The van der Waals surface area contributed by atoms with Gasteiger partial charge in [-0.25, -0.2) is 0 Å². The Balaban J connectivity index is 1.51. The minimum atomic E-state index is -0.671. The first-order valence-electron chi connectivity index (χ1n) is 8.36. The van der Waals surface area contributed by atoms with Crippen molar-refractivity contribution in [2.75, 3.05) is 19.0 Å². The van der Waals surface area contributed by atoms with Gasteiger partial charge in [-0.2, -0.15) is 0 Å². The molecule has 0 atom stereocenters. The van der Waals surface area contributed by atoms with E-state index in [1.54, 1.807) is 13.2 Å². The quantitative estimate of drug-likeness (QED) is 0.696. The lowest BCUT2D eigenvalue weighted by Crippen LogP contribution is -2.36. The van der Waals surface area contributed by atoms with Crippen LogP contribution >= 0.6 is 0 Å². The van der Waals surface area contributed by atoms with Crippen LogP contribution in [0.4, 0.5) is 5.69 Å². The highest BCUT2D eigenvalue weighted by molar-refractivity contribution is 6.39. The number of carbonyl (C=O) groups excluding carboxylic acids is 2. The van der Waals surface area contributed by atoms with Gasteiger partial charge in [0, 0.05) is 12.2 Å². The summed E-state index contributed by atoms with van der Waals surface area (Å²) >= 11 is 0. The molecule has 5 nitrogen and oxygen atoms in total. The molecule has 0 aliphatic carbocycles. The molecule has 0 radical (unpaired) electrons. The highest BCUT2D eigenvalue weighted by atomic mass is 16.5. The van der Waals surface area contributed by atoms with Gasteiger partial charge in [0.2, 0.25) is 0 Å². The third kappa shape index (κ3) is 4.39. The molecule has 0 aliphatic heterocycles. The Morgan fingerprint density at radius 3 is 2.35 bits per heavy atom. The van der Waals surface area contributed by atoms with Crippen LogP contribution in [-0.2, 0) is 16.0 Å². The molecule has 3 rings (SSSR count). The number of anilines is 1. The summed E-state index contributed by atoms with van der Waals surface area (Å²) in [4.78, 5) is 24.0. The number of hydrogen-bond donors (Lipinski definition) is 2. The van der Waals surface area contributed by atoms with Crippen molar-refractivity contribution < 1.29 is 14.3 Å². The zero-order valence-electron chi connectivity index (χ0n) is 14.5. The van der Waals surface area contributed by atoms with Crippen molar-refractivity contribution in [2.24, 2.45) is 0 Å². The second-order valence-corrected chi connectivity index (χ2v) is 5.87. The molecule has 3 aromatic carbocycles. The molecule has 2 amide bonds. The molecule has 0 saturated heterocycles. The number of nitrogens with one attached hydrogen (secondary N) is 2. The summed E-state index contributed by atoms with van der Waals surface area (Å²) in [6.45, 7) is 0.385. The van der Waals surface area contributed by atoms with Gasteiger partial charge in [-0.3, -0.25) is 9.59 Å². The lowest BCUT2D eigenvalue weighted by Gasteiger charge is -2.08. The number of rotatable bonds is 5. The Labute approximate surface area is 152 Å². The van der Waals surface area contributed by atoms with E-state index in [4.69, 9.17) is 4.74 Å². The second kappa shape index (κ2) is 8.16. The average molecular weight is 348 g/mol. The van der Waals surface area contributed by atoms with Crippen LogP contribution in [0.15, 0.2) is 66.7 Å². The number of carbonyl (C=O) groups is 2. The predicted octanol–water partition coefficient (Wildman–Crippen LogP) is 3.15. The molecule has 3 aromatic rings. The molecule has 5 heteroatoms. The van der Waals surface area contributed by atoms with Crippen LogP contribution in [0.25, 0.3) is 10.8 Å². The van der Waals surface area contributed by atoms with Crippen LogP contribution in [0.5, 0.6) is 5.75 Å². The zero-order chi connectivity index (χ0) is 18.4. The lowest BCUT2D eigenvalue weighted by molar-refractivity contribution is -0.136. The summed E-state index contributed by atoms with van der Waals surface area (Å²) in [5.74, 6) is -0.533. The molecule has 0 spiro atoms. The minimum absolute atomic E-state index is 0.385. The van der Waals surface area contributed by atoms with Gasteiger partial charge in [0.25, 0.3) is 0 Å². The lowest BCUT2D eigenvalue weighted by atomic mass is 10.1. The number of benzene rings is 3. The first kappa shape index (κ1) is 17.5. The second-order valence-electron chi connectivity index (χ2n) is 5.87. The molecule has 0 aliphatic rings. The van der Waals surface area contributed by atoms with E-state index in [9.17, 15) is 9.59 Å². The number of hydrogen-bond acceptors (Lipinski definition) is 3. The third-order valence-corrected chi connectivity index (χ3v) is 4.07. The highest BCUT2D eigenvalue weighted by Crippen LogP contribution is 2.18. The maximum absolute atomic E-state index is 12.0. The standard InChI is InChI=1S/C21H20N2O3/c1-26-19-10-6-15(7-11-19)12-13-22-20(24)21(25)23-18-9-8-16-4-2-3-5-17(16)14-18/h2-11,14H,12-13H2,1H3,(H,22,24)(H,23,25).